The van der Waals surface area contributed by atoms with E-state index in [1.807, 2.05) is 12.3 Å². The summed E-state index contributed by atoms with van der Waals surface area (Å²) < 4.78 is 14.8. The minimum atomic E-state index is -0.441. The van der Waals surface area contributed by atoms with E-state index in [1.54, 1.807) is 23.1 Å². The molecule has 0 unspecified atom stereocenters. The molecule has 116 valence electrons. The van der Waals surface area contributed by atoms with Crippen LogP contribution in [0.3, 0.4) is 0 Å². The molecule has 1 aromatic rings. The van der Waals surface area contributed by atoms with E-state index in [2.05, 4.69) is 9.39 Å². The van der Waals surface area contributed by atoms with Crippen molar-refractivity contribution in [3.05, 3.63) is 29.3 Å². The first-order valence-electron chi connectivity index (χ1n) is 6.60. The Hall–Kier alpha value is -2.26. The summed E-state index contributed by atoms with van der Waals surface area (Å²) in [5, 5.41) is 9.40. The first kappa shape index (κ1) is 14.3. The first-order valence-corrected chi connectivity index (χ1v) is 8.59. The third kappa shape index (κ3) is 2.32. The van der Waals surface area contributed by atoms with Gasteiger partial charge in [0.1, 0.15) is 5.84 Å². The fraction of sp³-hybridized carbons (Fsp3) is 0.143. The van der Waals surface area contributed by atoms with E-state index >= 15 is 0 Å². The Balaban J connectivity index is 1.72. The number of amidine groups is 3. The highest BCUT2D eigenvalue weighted by Crippen LogP contribution is 2.34. The quantitative estimate of drug-likeness (QED) is 0.620. The van der Waals surface area contributed by atoms with Gasteiger partial charge in [0.25, 0.3) is 5.91 Å². The molecule has 0 bridgehead atoms. The van der Waals surface area contributed by atoms with Gasteiger partial charge in [-0.05, 0) is 30.0 Å². The lowest BCUT2D eigenvalue weighted by atomic mass is 10.1. The van der Waals surface area contributed by atoms with Crippen LogP contribution in [0.2, 0.25) is 0 Å². The summed E-state index contributed by atoms with van der Waals surface area (Å²) in [5.74, 6) is 0.936. The molecule has 1 aromatic carbocycles. The fourth-order valence-corrected chi connectivity index (χ4v) is 3.75. The lowest BCUT2D eigenvalue weighted by molar-refractivity contribution is -0.114. The molecule has 0 aliphatic carbocycles. The molecule has 9 heteroatoms. The van der Waals surface area contributed by atoms with Crippen LogP contribution in [0.5, 0.6) is 11.5 Å². The summed E-state index contributed by atoms with van der Waals surface area (Å²) in [6, 6.07) is 5.36. The topological polar surface area (TPSA) is 87.3 Å². The number of carbonyl (C=O) groups excluding carboxylic acids is 1. The van der Waals surface area contributed by atoms with Crippen LogP contribution < -0.4 is 9.47 Å². The van der Waals surface area contributed by atoms with E-state index in [1.165, 1.54) is 11.8 Å². The predicted molar refractivity (Wildman–Crippen MR) is 91.1 cm³/mol. The Bertz CT molecular complexity index is 831. The molecule has 23 heavy (non-hydrogen) atoms. The Morgan fingerprint density at radius 1 is 1.39 bits per heavy atom. The summed E-state index contributed by atoms with van der Waals surface area (Å²) in [5.41, 5.74) is 0.965. The number of ether oxygens (including phenoxy) is 2. The summed E-state index contributed by atoms with van der Waals surface area (Å²) in [4.78, 5) is 17.8. The van der Waals surface area contributed by atoms with Gasteiger partial charge >= 0.3 is 0 Å². The molecule has 7 nitrogen and oxygen atoms in total. The van der Waals surface area contributed by atoms with Crippen molar-refractivity contribution in [2.24, 2.45) is 9.39 Å². The third-order valence-corrected chi connectivity index (χ3v) is 4.84. The van der Waals surface area contributed by atoms with Crippen molar-refractivity contribution in [1.29, 1.82) is 5.41 Å². The molecule has 1 N–H and O–H groups in total. The van der Waals surface area contributed by atoms with E-state index in [-0.39, 0.29) is 18.2 Å². The van der Waals surface area contributed by atoms with E-state index in [9.17, 15) is 4.79 Å². The fourth-order valence-electron chi connectivity index (χ4n) is 2.30. The van der Waals surface area contributed by atoms with Gasteiger partial charge in [-0.15, -0.1) is 0 Å². The van der Waals surface area contributed by atoms with Crippen molar-refractivity contribution in [3.63, 3.8) is 0 Å². The number of amides is 1. The number of hydrogen-bond donors (Lipinski definition) is 1. The lowest BCUT2D eigenvalue weighted by Gasteiger charge is -2.23. The second-order valence-electron chi connectivity index (χ2n) is 4.72. The van der Waals surface area contributed by atoms with Crippen molar-refractivity contribution in [3.8, 4) is 11.5 Å². The zero-order valence-electron chi connectivity index (χ0n) is 11.9. The minimum Gasteiger partial charge on any atom is -0.454 e. The summed E-state index contributed by atoms with van der Waals surface area (Å²) in [6.07, 6.45) is 3.50. The maximum atomic E-state index is 12.2. The van der Waals surface area contributed by atoms with E-state index < -0.39 is 5.91 Å². The molecule has 0 radical (unpaired) electrons. The molecule has 0 atom stereocenters. The second kappa shape index (κ2) is 5.43. The summed E-state index contributed by atoms with van der Waals surface area (Å²) in [7, 11) is 0. The van der Waals surface area contributed by atoms with Crippen LogP contribution >= 0.6 is 23.7 Å². The lowest BCUT2D eigenvalue weighted by Crippen LogP contribution is -2.41. The third-order valence-electron chi connectivity index (χ3n) is 3.38. The Kier molecular flexibility index (Phi) is 3.38. The van der Waals surface area contributed by atoms with Gasteiger partial charge in [-0.1, -0.05) is 17.8 Å². The van der Waals surface area contributed by atoms with Gasteiger partial charge in [-0.3, -0.25) is 10.2 Å². The van der Waals surface area contributed by atoms with Crippen LogP contribution in [-0.2, 0) is 4.79 Å². The Morgan fingerprint density at radius 2 is 2.22 bits per heavy atom. The molecule has 3 aliphatic rings. The Morgan fingerprint density at radius 3 is 3.04 bits per heavy atom. The molecule has 0 saturated carbocycles. The average molecular weight is 346 g/mol. The number of fused-ring (bicyclic) bond motifs is 2. The van der Waals surface area contributed by atoms with Crippen molar-refractivity contribution < 1.29 is 14.3 Å². The van der Waals surface area contributed by atoms with Crippen LogP contribution in [-0.4, -0.2) is 40.0 Å². The number of nitrogens with one attached hydrogen (secondary N) is 1. The molecule has 0 aromatic heterocycles. The molecule has 4 rings (SSSR count). The van der Waals surface area contributed by atoms with Crippen LogP contribution in [0.15, 0.2) is 33.2 Å². The summed E-state index contributed by atoms with van der Waals surface area (Å²) >= 11 is 2.51. The van der Waals surface area contributed by atoms with Gasteiger partial charge in [0.2, 0.25) is 12.0 Å². The molecule has 0 fully saturated rings. The highest BCUT2D eigenvalue weighted by atomic mass is 32.2. The maximum absolute atomic E-state index is 12.2. The molecule has 1 amide bonds. The van der Waals surface area contributed by atoms with Crippen molar-refractivity contribution >= 4 is 51.9 Å². The van der Waals surface area contributed by atoms with E-state index in [0.29, 0.717) is 21.8 Å². The van der Waals surface area contributed by atoms with Crippen molar-refractivity contribution in [1.82, 2.24) is 4.90 Å². The van der Waals surface area contributed by atoms with Gasteiger partial charge in [-0.25, -0.2) is 4.90 Å². The highest BCUT2D eigenvalue weighted by Gasteiger charge is 2.37. The van der Waals surface area contributed by atoms with Crippen LogP contribution in [0.4, 0.5) is 0 Å². The average Bonchev–Trinajstić information content (AvgIpc) is 3.16. The SMILES string of the molecule is CSC1=NSC2=NC(=O)C(=Cc3ccc4c(c3)OCO4)C(=N)N12. The molecule has 3 aliphatic heterocycles. The highest BCUT2D eigenvalue weighted by molar-refractivity contribution is 8.18. The number of rotatable bonds is 1. The maximum Gasteiger partial charge on any atom is 0.283 e. The number of carbonyl (C=O) groups is 1. The molecular weight excluding hydrogens is 336 g/mol. The van der Waals surface area contributed by atoms with Crippen molar-refractivity contribution in [2.75, 3.05) is 13.0 Å². The molecule has 0 saturated heterocycles. The predicted octanol–water partition coefficient (Wildman–Crippen LogP) is 2.35. The zero-order valence-corrected chi connectivity index (χ0v) is 13.5. The minimum absolute atomic E-state index is 0.0794. The molecule has 0 spiro atoms. The second-order valence-corrected chi connectivity index (χ2v) is 6.23. The molecule has 3 heterocycles. The van der Waals surface area contributed by atoms with Crippen LogP contribution in [0.1, 0.15) is 5.56 Å². The number of benzene rings is 1. The zero-order chi connectivity index (χ0) is 16.0. The smallest absolute Gasteiger partial charge is 0.283 e. The van der Waals surface area contributed by atoms with Gasteiger partial charge < -0.3 is 9.47 Å². The van der Waals surface area contributed by atoms with Crippen LogP contribution in [0, 0.1) is 5.41 Å². The number of thioether (sulfide) groups is 1. The van der Waals surface area contributed by atoms with Gasteiger partial charge in [0.15, 0.2) is 16.7 Å². The van der Waals surface area contributed by atoms with Gasteiger partial charge in [0, 0.05) is 0 Å². The first-order chi connectivity index (χ1) is 11.2. The number of aliphatic imine (C=N–C) groups is 1. The van der Waals surface area contributed by atoms with E-state index in [4.69, 9.17) is 14.9 Å². The molecular formula is C14H10N4O3S2. The van der Waals surface area contributed by atoms with E-state index in [0.717, 1.165) is 17.5 Å². The monoisotopic (exact) mass is 346 g/mol. The number of nitrogens with zero attached hydrogens (tertiary/aromatic N) is 3. The van der Waals surface area contributed by atoms with Gasteiger partial charge in [0.05, 0.1) is 17.5 Å². The van der Waals surface area contributed by atoms with Crippen molar-refractivity contribution in [2.45, 2.75) is 0 Å². The summed E-state index contributed by atoms with van der Waals surface area (Å²) in [6.45, 7) is 0.191. The number of hydrogen-bond acceptors (Lipinski definition) is 7. The largest absolute Gasteiger partial charge is 0.454 e. The normalized spacial score (nSPS) is 20.7. The Labute approximate surface area is 140 Å². The van der Waals surface area contributed by atoms with Gasteiger partial charge in [-0.2, -0.15) is 9.39 Å². The standard InChI is InChI=1S/C14H10N4O3S2/c1-22-14-17-23-13-16-12(19)8(11(15)18(13)14)4-7-2-3-9-10(5-7)21-6-20-9/h2-5,15H,6H2,1H3. The van der Waals surface area contributed by atoms with Crippen LogP contribution in [0.25, 0.3) is 6.08 Å².